The van der Waals surface area contributed by atoms with E-state index in [1.54, 1.807) is 0 Å². The van der Waals surface area contributed by atoms with Crippen LogP contribution in [0, 0.1) is 0 Å². The highest BCUT2D eigenvalue weighted by Crippen LogP contribution is 2.42. The van der Waals surface area contributed by atoms with Crippen molar-refractivity contribution in [2.45, 2.75) is 30.6 Å². The molecule has 1 aliphatic carbocycles. The molecule has 0 spiro atoms. The number of thiophene rings is 1. The largest absolute Gasteiger partial charge is 0.147 e. The minimum atomic E-state index is 0.406. The monoisotopic (exact) mass is 264 g/mol. The minimum absolute atomic E-state index is 0.406. The van der Waals surface area contributed by atoms with Gasteiger partial charge >= 0.3 is 0 Å². The fourth-order valence-corrected chi connectivity index (χ4v) is 3.95. The molecule has 2 rings (SSSR count). The Labute approximate surface area is 90.1 Å². The minimum Gasteiger partial charge on any atom is -0.147 e. The Bertz CT molecular complexity index is 271. The second-order valence-electron chi connectivity index (χ2n) is 3.24. The van der Waals surface area contributed by atoms with Crippen molar-refractivity contribution in [3.63, 3.8) is 0 Å². The van der Waals surface area contributed by atoms with Gasteiger partial charge in [0.05, 0.1) is 0 Å². The third kappa shape index (κ3) is 1.70. The Hall–Kier alpha value is 0.470. The lowest BCUT2D eigenvalue weighted by molar-refractivity contribution is 0.736. The predicted octanol–water partition coefficient (Wildman–Crippen LogP) is 4.39. The molecule has 1 saturated carbocycles. The first kappa shape index (κ1) is 9.04. The zero-order chi connectivity index (χ0) is 8.55. The fraction of sp³-hybridized carbons (Fsp3) is 0.556. The van der Waals surface area contributed by atoms with Crippen LogP contribution in [0.15, 0.2) is 15.9 Å². The van der Waals surface area contributed by atoms with Crippen molar-refractivity contribution in [2.75, 3.05) is 0 Å². The molecule has 12 heavy (non-hydrogen) atoms. The molecule has 0 amide bonds. The van der Waals surface area contributed by atoms with Crippen LogP contribution in [0.5, 0.6) is 0 Å². The van der Waals surface area contributed by atoms with Gasteiger partial charge in [-0.3, -0.25) is 0 Å². The summed E-state index contributed by atoms with van der Waals surface area (Å²) in [4.78, 5) is 1.48. The first-order valence-corrected chi connectivity index (χ1v) is 6.25. The molecule has 0 N–H and O–H groups in total. The number of rotatable bonds is 1. The molecular formula is C9H10BrClS. The molecule has 2 atom stereocenters. The summed E-state index contributed by atoms with van der Waals surface area (Å²) in [7, 11) is 0. The molecule has 1 aromatic rings. The second-order valence-corrected chi connectivity index (χ2v) is 5.66. The van der Waals surface area contributed by atoms with Crippen LogP contribution in [-0.4, -0.2) is 5.38 Å². The third-order valence-electron chi connectivity index (χ3n) is 2.38. The van der Waals surface area contributed by atoms with E-state index in [1.165, 1.54) is 22.2 Å². The van der Waals surface area contributed by atoms with Crippen LogP contribution >= 0.6 is 38.9 Å². The average molecular weight is 266 g/mol. The second kappa shape index (κ2) is 3.69. The van der Waals surface area contributed by atoms with Crippen molar-refractivity contribution in [1.82, 2.24) is 0 Å². The van der Waals surface area contributed by atoms with Crippen molar-refractivity contribution in [1.29, 1.82) is 0 Å². The van der Waals surface area contributed by atoms with Crippen LogP contribution in [-0.2, 0) is 0 Å². The highest BCUT2D eigenvalue weighted by molar-refractivity contribution is 9.10. The standard InChI is InChI=1S/C9H10BrClS/c10-8-3-4-12-9(8)6-1-2-7(11)5-6/h3-4,6-7H,1-2,5H2. The Morgan fingerprint density at radius 3 is 2.83 bits per heavy atom. The fourth-order valence-electron chi connectivity index (χ4n) is 1.76. The van der Waals surface area contributed by atoms with Gasteiger partial charge in [-0.2, -0.15) is 0 Å². The van der Waals surface area contributed by atoms with Gasteiger partial charge < -0.3 is 0 Å². The van der Waals surface area contributed by atoms with Gasteiger partial charge in [-0.1, -0.05) is 0 Å². The zero-order valence-corrected chi connectivity index (χ0v) is 9.75. The summed E-state index contributed by atoms with van der Waals surface area (Å²) in [5, 5.41) is 2.55. The summed E-state index contributed by atoms with van der Waals surface area (Å²) in [5.41, 5.74) is 0. The molecule has 3 heteroatoms. The van der Waals surface area contributed by atoms with Crippen LogP contribution < -0.4 is 0 Å². The number of alkyl halides is 1. The maximum absolute atomic E-state index is 6.07. The normalized spacial score (nSPS) is 29.5. The smallest absolute Gasteiger partial charge is 0.0342 e. The van der Waals surface area contributed by atoms with E-state index in [0.717, 1.165) is 6.42 Å². The van der Waals surface area contributed by atoms with Gasteiger partial charge in [-0.15, -0.1) is 22.9 Å². The molecular weight excluding hydrogens is 256 g/mol. The third-order valence-corrected chi connectivity index (χ3v) is 4.81. The van der Waals surface area contributed by atoms with Gasteiger partial charge in [-0.05, 0) is 52.6 Å². The lowest BCUT2D eigenvalue weighted by Gasteiger charge is -2.06. The Balaban J connectivity index is 2.16. The molecule has 1 aromatic heterocycles. The lowest BCUT2D eigenvalue weighted by atomic mass is 10.1. The molecule has 1 fully saturated rings. The van der Waals surface area contributed by atoms with Crippen molar-refractivity contribution >= 4 is 38.9 Å². The molecule has 0 radical (unpaired) electrons. The lowest BCUT2D eigenvalue weighted by Crippen LogP contribution is -1.91. The molecule has 1 aliphatic rings. The maximum atomic E-state index is 6.07. The average Bonchev–Trinajstić information content (AvgIpc) is 2.58. The molecule has 0 saturated heterocycles. The SMILES string of the molecule is ClC1CCC(c2sccc2Br)C1. The molecule has 66 valence electrons. The summed E-state index contributed by atoms with van der Waals surface area (Å²) in [5.74, 6) is 0.710. The summed E-state index contributed by atoms with van der Waals surface area (Å²) in [6.45, 7) is 0. The predicted molar refractivity (Wildman–Crippen MR) is 58.3 cm³/mol. The van der Waals surface area contributed by atoms with Crippen molar-refractivity contribution in [3.8, 4) is 0 Å². The molecule has 0 aromatic carbocycles. The van der Waals surface area contributed by atoms with Crippen LogP contribution in [0.25, 0.3) is 0 Å². The van der Waals surface area contributed by atoms with Crippen LogP contribution in [0.4, 0.5) is 0 Å². The zero-order valence-electron chi connectivity index (χ0n) is 6.59. The van der Waals surface area contributed by atoms with Crippen molar-refractivity contribution in [3.05, 3.63) is 20.8 Å². The van der Waals surface area contributed by atoms with E-state index in [1.807, 2.05) is 11.3 Å². The van der Waals surface area contributed by atoms with Crippen molar-refractivity contribution < 1.29 is 0 Å². The van der Waals surface area contributed by atoms with E-state index in [-0.39, 0.29) is 0 Å². The topological polar surface area (TPSA) is 0 Å². The number of halogens is 2. The number of hydrogen-bond donors (Lipinski definition) is 0. The molecule has 0 nitrogen and oxygen atoms in total. The molecule has 0 aliphatic heterocycles. The van der Waals surface area contributed by atoms with E-state index >= 15 is 0 Å². The molecule has 2 unspecified atom stereocenters. The quantitative estimate of drug-likeness (QED) is 0.661. The maximum Gasteiger partial charge on any atom is 0.0342 e. The molecule has 0 bridgehead atoms. The number of hydrogen-bond acceptors (Lipinski definition) is 1. The highest BCUT2D eigenvalue weighted by atomic mass is 79.9. The highest BCUT2D eigenvalue weighted by Gasteiger charge is 2.26. The van der Waals surface area contributed by atoms with E-state index in [0.29, 0.717) is 11.3 Å². The summed E-state index contributed by atoms with van der Waals surface area (Å²) in [6, 6.07) is 2.13. The summed E-state index contributed by atoms with van der Waals surface area (Å²) in [6.07, 6.45) is 3.59. The van der Waals surface area contributed by atoms with Crippen LogP contribution in [0.3, 0.4) is 0 Å². The summed E-state index contributed by atoms with van der Waals surface area (Å²) < 4.78 is 1.27. The Morgan fingerprint density at radius 2 is 2.33 bits per heavy atom. The van der Waals surface area contributed by atoms with Crippen LogP contribution in [0.2, 0.25) is 0 Å². The molecule has 1 heterocycles. The van der Waals surface area contributed by atoms with E-state index in [4.69, 9.17) is 11.6 Å². The van der Waals surface area contributed by atoms with Gasteiger partial charge in [0.2, 0.25) is 0 Å². The van der Waals surface area contributed by atoms with Gasteiger partial charge in [0, 0.05) is 14.7 Å². The van der Waals surface area contributed by atoms with Crippen LogP contribution in [0.1, 0.15) is 30.1 Å². The van der Waals surface area contributed by atoms with Gasteiger partial charge in [-0.25, -0.2) is 0 Å². The summed E-state index contributed by atoms with van der Waals surface area (Å²) >= 11 is 11.5. The first-order valence-electron chi connectivity index (χ1n) is 4.14. The van der Waals surface area contributed by atoms with Gasteiger partial charge in [0.1, 0.15) is 0 Å². The van der Waals surface area contributed by atoms with Gasteiger partial charge in [0.25, 0.3) is 0 Å². The van der Waals surface area contributed by atoms with Crippen molar-refractivity contribution in [2.24, 2.45) is 0 Å². The first-order chi connectivity index (χ1) is 5.77. The van der Waals surface area contributed by atoms with Gasteiger partial charge in [0.15, 0.2) is 0 Å². The van der Waals surface area contributed by atoms with E-state index < -0.39 is 0 Å². The Kier molecular flexibility index (Phi) is 2.78. The van der Waals surface area contributed by atoms with E-state index in [9.17, 15) is 0 Å². The van der Waals surface area contributed by atoms with E-state index in [2.05, 4.69) is 27.4 Å². The Morgan fingerprint density at radius 1 is 1.50 bits per heavy atom.